The van der Waals surface area contributed by atoms with E-state index in [9.17, 15) is 13.2 Å². The van der Waals surface area contributed by atoms with Crippen LogP contribution in [0.1, 0.15) is 114 Å². The number of alkyl halides is 3. The highest BCUT2D eigenvalue weighted by Gasteiger charge is 2.32. The van der Waals surface area contributed by atoms with Crippen molar-refractivity contribution in [2.75, 3.05) is 6.61 Å². The maximum Gasteiger partial charge on any atom is 0.393 e. The van der Waals surface area contributed by atoms with E-state index in [1.807, 2.05) is 12.1 Å². The molecule has 0 unspecified atom stereocenters. The van der Waals surface area contributed by atoms with Gasteiger partial charge in [-0.1, -0.05) is 63.3 Å². The SMILES string of the molecule is CCCCCCCCOC1CCC(C2CCC(c3ccc(CC(F)(F)F)cc3)CC2)CC1. The lowest BCUT2D eigenvalue weighted by Crippen LogP contribution is -2.28. The van der Waals surface area contributed by atoms with Gasteiger partial charge in [0.2, 0.25) is 0 Å². The predicted octanol–water partition coefficient (Wildman–Crippen LogP) is 9.00. The Labute approximate surface area is 193 Å². The summed E-state index contributed by atoms with van der Waals surface area (Å²) in [7, 11) is 0. The van der Waals surface area contributed by atoms with Crippen molar-refractivity contribution in [1.29, 1.82) is 0 Å². The van der Waals surface area contributed by atoms with Crippen LogP contribution in [0.4, 0.5) is 13.2 Å². The fourth-order valence-corrected chi connectivity index (χ4v) is 5.92. The second-order valence-electron chi connectivity index (χ2n) is 10.3. The van der Waals surface area contributed by atoms with Crippen LogP contribution in [0.3, 0.4) is 0 Å². The van der Waals surface area contributed by atoms with E-state index in [2.05, 4.69) is 6.92 Å². The maximum absolute atomic E-state index is 12.6. The standard InChI is InChI=1S/C28H43F3O/c1-2-3-4-5-6-7-20-32-27-18-16-26(17-19-27)25-14-12-24(13-15-25)23-10-8-22(9-11-23)21-28(29,30)31/h8-11,24-27H,2-7,12-21H2,1H3. The van der Waals surface area contributed by atoms with Gasteiger partial charge in [0.25, 0.3) is 0 Å². The minimum absolute atomic E-state index is 0.366. The summed E-state index contributed by atoms with van der Waals surface area (Å²) in [6.45, 7) is 3.20. The second-order valence-corrected chi connectivity index (χ2v) is 10.3. The van der Waals surface area contributed by atoms with Crippen LogP contribution in [0, 0.1) is 11.8 Å². The molecule has 2 saturated carbocycles. The fraction of sp³-hybridized carbons (Fsp3) is 0.786. The molecule has 182 valence electrons. The van der Waals surface area contributed by atoms with Crippen molar-refractivity contribution in [2.45, 2.75) is 121 Å². The van der Waals surface area contributed by atoms with E-state index in [4.69, 9.17) is 4.74 Å². The van der Waals surface area contributed by atoms with Crippen LogP contribution in [0.2, 0.25) is 0 Å². The Morgan fingerprint density at radius 2 is 1.31 bits per heavy atom. The Bertz CT molecular complexity index is 623. The first-order valence-corrected chi connectivity index (χ1v) is 13.2. The largest absolute Gasteiger partial charge is 0.393 e. The van der Waals surface area contributed by atoms with Gasteiger partial charge in [-0.3, -0.25) is 0 Å². The van der Waals surface area contributed by atoms with E-state index in [-0.39, 0.29) is 0 Å². The van der Waals surface area contributed by atoms with Crippen molar-refractivity contribution in [3.05, 3.63) is 35.4 Å². The number of hydrogen-bond donors (Lipinski definition) is 0. The normalized spacial score (nSPS) is 26.9. The van der Waals surface area contributed by atoms with Gasteiger partial charge in [-0.25, -0.2) is 0 Å². The van der Waals surface area contributed by atoms with Gasteiger partial charge < -0.3 is 4.74 Å². The van der Waals surface area contributed by atoms with Crippen LogP contribution in [-0.2, 0) is 11.2 Å². The molecule has 0 heterocycles. The van der Waals surface area contributed by atoms with Crippen LogP contribution in [0.25, 0.3) is 0 Å². The molecule has 2 aliphatic carbocycles. The number of rotatable bonds is 11. The van der Waals surface area contributed by atoms with Crippen molar-refractivity contribution in [2.24, 2.45) is 11.8 Å². The number of ether oxygens (including phenoxy) is 1. The number of halogens is 3. The Balaban J connectivity index is 1.31. The number of unbranched alkanes of at least 4 members (excludes halogenated alkanes) is 5. The minimum atomic E-state index is -4.13. The first-order chi connectivity index (χ1) is 15.4. The summed E-state index contributed by atoms with van der Waals surface area (Å²) in [4.78, 5) is 0. The first-order valence-electron chi connectivity index (χ1n) is 13.2. The van der Waals surface area contributed by atoms with Gasteiger partial charge in [-0.15, -0.1) is 0 Å². The lowest BCUT2D eigenvalue weighted by atomic mass is 9.69. The third kappa shape index (κ3) is 8.72. The average Bonchev–Trinajstić information content (AvgIpc) is 2.79. The molecular formula is C28H43F3O. The molecule has 0 atom stereocenters. The van der Waals surface area contributed by atoms with E-state index >= 15 is 0 Å². The van der Waals surface area contributed by atoms with E-state index < -0.39 is 12.6 Å². The summed E-state index contributed by atoms with van der Waals surface area (Å²) >= 11 is 0. The molecule has 0 N–H and O–H groups in total. The van der Waals surface area contributed by atoms with Gasteiger partial charge in [0.05, 0.1) is 12.5 Å². The van der Waals surface area contributed by atoms with Gasteiger partial charge in [0.1, 0.15) is 0 Å². The zero-order chi connectivity index (χ0) is 22.8. The highest BCUT2D eigenvalue weighted by atomic mass is 19.4. The number of benzene rings is 1. The molecular weight excluding hydrogens is 409 g/mol. The summed E-state index contributed by atoms with van der Waals surface area (Å²) in [5.74, 6) is 2.19. The molecule has 0 saturated heterocycles. The first kappa shape index (κ1) is 25.6. The van der Waals surface area contributed by atoms with Crippen molar-refractivity contribution in [3.8, 4) is 0 Å². The van der Waals surface area contributed by atoms with E-state index in [1.165, 1.54) is 95.5 Å². The average molecular weight is 453 g/mol. The summed E-state index contributed by atoms with van der Waals surface area (Å²) in [5, 5.41) is 0. The van der Waals surface area contributed by atoms with Gasteiger partial charge >= 0.3 is 6.18 Å². The molecule has 0 amide bonds. The maximum atomic E-state index is 12.6. The van der Waals surface area contributed by atoms with Gasteiger partial charge in [-0.05, 0) is 86.7 Å². The second kappa shape index (κ2) is 13.0. The lowest BCUT2D eigenvalue weighted by Gasteiger charge is -2.38. The van der Waals surface area contributed by atoms with Gasteiger partial charge in [0, 0.05) is 6.61 Å². The molecule has 1 aromatic rings. The zero-order valence-corrected chi connectivity index (χ0v) is 20.0. The van der Waals surface area contributed by atoms with Crippen LogP contribution in [0.5, 0.6) is 0 Å². The van der Waals surface area contributed by atoms with Crippen molar-refractivity contribution in [3.63, 3.8) is 0 Å². The fourth-order valence-electron chi connectivity index (χ4n) is 5.92. The molecule has 4 heteroatoms. The summed E-state index contributed by atoms with van der Waals surface area (Å²) < 4.78 is 43.9. The lowest BCUT2D eigenvalue weighted by molar-refractivity contribution is -0.127. The summed E-state index contributed by atoms with van der Waals surface area (Å²) in [6.07, 6.45) is 13.4. The van der Waals surface area contributed by atoms with Crippen molar-refractivity contribution in [1.82, 2.24) is 0 Å². The molecule has 0 radical (unpaired) electrons. The van der Waals surface area contributed by atoms with Gasteiger partial charge in [-0.2, -0.15) is 13.2 Å². The van der Waals surface area contributed by atoms with Crippen molar-refractivity contribution < 1.29 is 17.9 Å². The third-order valence-corrected chi connectivity index (χ3v) is 7.86. The minimum Gasteiger partial charge on any atom is -0.378 e. The van der Waals surface area contributed by atoms with Crippen LogP contribution >= 0.6 is 0 Å². The molecule has 0 aromatic heterocycles. The topological polar surface area (TPSA) is 9.23 Å². The van der Waals surface area contributed by atoms with E-state index in [1.54, 1.807) is 12.1 Å². The molecule has 2 aliphatic rings. The van der Waals surface area contributed by atoms with Crippen LogP contribution in [0.15, 0.2) is 24.3 Å². The zero-order valence-electron chi connectivity index (χ0n) is 20.0. The smallest absolute Gasteiger partial charge is 0.378 e. The molecule has 0 bridgehead atoms. The Morgan fingerprint density at radius 3 is 1.91 bits per heavy atom. The molecule has 3 rings (SSSR count). The number of hydrogen-bond acceptors (Lipinski definition) is 1. The summed E-state index contributed by atoms with van der Waals surface area (Å²) in [6, 6.07) is 7.19. The van der Waals surface area contributed by atoms with Gasteiger partial charge in [0.15, 0.2) is 0 Å². The molecule has 1 aromatic carbocycles. The Hall–Kier alpha value is -1.03. The quantitative estimate of drug-likeness (QED) is 0.304. The Morgan fingerprint density at radius 1 is 0.750 bits per heavy atom. The molecule has 0 aliphatic heterocycles. The Kier molecular flexibility index (Phi) is 10.4. The van der Waals surface area contributed by atoms with Crippen LogP contribution in [-0.4, -0.2) is 18.9 Å². The highest BCUT2D eigenvalue weighted by molar-refractivity contribution is 5.26. The van der Waals surface area contributed by atoms with Crippen molar-refractivity contribution >= 4 is 0 Å². The predicted molar refractivity (Wildman–Crippen MR) is 126 cm³/mol. The van der Waals surface area contributed by atoms with Crippen LogP contribution < -0.4 is 0 Å². The molecule has 32 heavy (non-hydrogen) atoms. The third-order valence-electron chi connectivity index (χ3n) is 7.86. The molecule has 2 fully saturated rings. The summed E-state index contributed by atoms with van der Waals surface area (Å²) in [5.41, 5.74) is 1.59. The monoisotopic (exact) mass is 452 g/mol. The van der Waals surface area contributed by atoms with E-state index in [0.29, 0.717) is 17.6 Å². The molecule has 0 spiro atoms. The van der Waals surface area contributed by atoms with E-state index in [0.717, 1.165) is 18.4 Å². The molecule has 1 nitrogen and oxygen atoms in total. The highest BCUT2D eigenvalue weighted by Crippen LogP contribution is 2.43.